The van der Waals surface area contributed by atoms with Crippen molar-refractivity contribution >= 4 is 15.9 Å². The van der Waals surface area contributed by atoms with Gasteiger partial charge >= 0.3 is 6.61 Å². The van der Waals surface area contributed by atoms with Gasteiger partial charge in [-0.15, -0.1) is 0 Å². The number of aromatic nitrogens is 2. The number of nitrogens with one attached hydrogen (secondary N) is 1. The standard InChI is InChI=1S/C19H23F2N3O6S/c1-12-16(18(24(2)22-12)29-11-14-6-3-4-9-28-14)17(25)23-31(26,27)15-8-5-7-13(10-15)30-19(20)21/h5,7-8,10,14,19H,3-4,6,9,11H2,1-2H3,(H,23,25). The van der Waals surface area contributed by atoms with Crippen LogP contribution >= 0.6 is 0 Å². The Morgan fingerprint density at radius 3 is 2.84 bits per heavy atom. The highest BCUT2D eigenvalue weighted by Gasteiger charge is 2.27. The number of aryl methyl sites for hydroxylation is 2. The Morgan fingerprint density at radius 1 is 1.39 bits per heavy atom. The zero-order chi connectivity index (χ0) is 22.6. The fraction of sp³-hybridized carbons (Fsp3) is 0.474. The predicted octanol–water partition coefficient (Wildman–Crippen LogP) is 2.40. The first kappa shape index (κ1) is 22.9. The van der Waals surface area contributed by atoms with Crippen LogP contribution in [0.15, 0.2) is 29.2 Å². The molecule has 1 aromatic carbocycles. The maximum atomic E-state index is 12.8. The third-order valence-electron chi connectivity index (χ3n) is 4.64. The number of halogens is 2. The van der Waals surface area contributed by atoms with Crippen molar-refractivity contribution < 1.29 is 36.2 Å². The lowest BCUT2D eigenvalue weighted by Crippen LogP contribution is -2.32. The van der Waals surface area contributed by atoms with Crippen molar-refractivity contribution in [3.05, 3.63) is 35.5 Å². The minimum atomic E-state index is -4.37. The Morgan fingerprint density at radius 2 is 2.16 bits per heavy atom. The van der Waals surface area contributed by atoms with E-state index in [1.165, 1.54) is 16.8 Å². The molecule has 1 aliphatic heterocycles. The number of alkyl halides is 2. The van der Waals surface area contributed by atoms with Crippen LogP contribution in [0.4, 0.5) is 8.78 Å². The smallest absolute Gasteiger partial charge is 0.387 e. The second-order valence-corrected chi connectivity index (χ2v) is 8.66. The second kappa shape index (κ2) is 9.60. The molecule has 12 heteroatoms. The van der Waals surface area contributed by atoms with Gasteiger partial charge in [-0.2, -0.15) is 13.9 Å². The maximum absolute atomic E-state index is 12.8. The van der Waals surface area contributed by atoms with E-state index in [0.29, 0.717) is 6.61 Å². The van der Waals surface area contributed by atoms with E-state index in [1.54, 1.807) is 14.0 Å². The summed E-state index contributed by atoms with van der Waals surface area (Å²) >= 11 is 0. The molecule has 1 aromatic heterocycles. The third kappa shape index (κ3) is 5.70. The highest BCUT2D eigenvalue weighted by molar-refractivity contribution is 7.90. The monoisotopic (exact) mass is 459 g/mol. The van der Waals surface area contributed by atoms with E-state index in [0.717, 1.165) is 31.4 Å². The van der Waals surface area contributed by atoms with Crippen LogP contribution in [-0.2, 0) is 21.8 Å². The minimum absolute atomic E-state index is 0.0399. The zero-order valence-corrected chi connectivity index (χ0v) is 17.8. The van der Waals surface area contributed by atoms with Gasteiger partial charge in [0.1, 0.15) is 17.9 Å². The first-order valence-electron chi connectivity index (χ1n) is 9.57. The molecule has 1 saturated heterocycles. The van der Waals surface area contributed by atoms with Gasteiger partial charge in [0.25, 0.3) is 15.9 Å². The molecule has 170 valence electrons. The number of nitrogens with zero attached hydrogens (tertiary/aromatic N) is 2. The molecule has 9 nitrogen and oxygen atoms in total. The molecule has 0 bridgehead atoms. The fourth-order valence-corrected chi connectivity index (χ4v) is 4.22. The molecule has 1 unspecified atom stereocenters. The first-order valence-corrected chi connectivity index (χ1v) is 11.1. The molecule has 1 fully saturated rings. The van der Waals surface area contributed by atoms with Gasteiger partial charge in [0, 0.05) is 19.7 Å². The number of hydrogen-bond donors (Lipinski definition) is 1. The molecular weight excluding hydrogens is 436 g/mol. The van der Waals surface area contributed by atoms with E-state index in [1.807, 2.05) is 4.72 Å². The van der Waals surface area contributed by atoms with Crippen LogP contribution in [-0.4, -0.2) is 50.0 Å². The summed E-state index contributed by atoms with van der Waals surface area (Å²) in [4.78, 5) is 12.4. The van der Waals surface area contributed by atoms with Crippen molar-refractivity contribution in [2.75, 3.05) is 13.2 Å². The maximum Gasteiger partial charge on any atom is 0.387 e. The Labute approximate surface area is 178 Å². The van der Waals surface area contributed by atoms with Gasteiger partial charge in [0.2, 0.25) is 5.88 Å². The number of hydrogen-bond acceptors (Lipinski definition) is 7. The quantitative estimate of drug-likeness (QED) is 0.646. The van der Waals surface area contributed by atoms with Crippen LogP contribution in [0.5, 0.6) is 11.6 Å². The second-order valence-electron chi connectivity index (χ2n) is 6.98. The molecule has 0 radical (unpaired) electrons. The van der Waals surface area contributed by atoms with E-state index in [4.69, 9.17) is 9.47 Å². The summed E-state index contributed by atoms with van der Waals surface area (Å²) < 4.78 is 68.9. The summed E-state index contributed by atoms with van der Waals surface area (Å²) in [5, 5.41) is 4.14. The van der Waals surface area contributed by atoms with Gasteiger partial charge in [-0.05, 0) is 38.3 Å². The number of ether oxygens (including phenoxy) is 3. The molecule has 1 atom stereocenters. The summed E-state index contributed by atoms with van der Waals surface area (Å²) in [6.45, 7) is -0.738. The molecule has 3 rings (SSSR count). The lowest BCUT2D eigenvalue weighted by molar-refractivity contribution is -0.0500. The Hall–Kier alpha value is -2.73. The lowest BCUT2D eigenvalue weighted by Gasteiger charge is -2.22. The Kier molecular flexibility index (Phi) is 7.11. The average molecular weight is 459 g/mol. The molecule has 1 amide bonds. The molecule has 0 aliphatic carbocycles. The summed E-state index contributed by atoms with van der Waals surface area (Å²) in [7, 11) is -2.80. The molecule has 2 heterocycles. The van der Waals surface area contributed by atoms with Crippen molar-refractivity contribution in [1.82, 2.24) is 14.5 Å². The van der Waals surface area contributed by atoms with Gasteiger partial charge in [0.15, 0.2) is 0 Å². The van der Waals surface area contributed by atoms with E-state index in [-0.39, 0.29) is 35.6 Å². The largest absolute Gasteiger partial charge is 0.475 e. The van der Waals surface area contributed by atoms with E-state index in [9.17, 15) is 22.0 Å². The molecular formula is C19H23F2N3O6S. The topological polar surface area (TPSA) is 109 Å². The average Bonchev–Trinajstić information content (AvgIpc) is 2.99. The molecule has 0 saturated carbocycles. The summed E-state index contributed by atoms with van der Waals surface area (Å²) in [5.41, 5.74) is 0.228. The number of carbonyl (C=O) groups is 1. The molecule has 1 aliphatic rings. The number of carbonyl (C=O) groups excluding carboxylic acids is 1. The Bertz CT molecular complexity index is 1040. The van der Waals surface area contributed by atoms with Gasteiger partial charge < -0.3 is 14.2 Å². The molecule has 2 aromatic rings. The number of sulfonamides is 1. The molecule has 1 N–H and O–H groups in total. The third-order valence-corrected chi connectivity index (χ3v) is 5.97. The van der Waals surface area contributed by atoms with Crippen LogP contribution in [0.1, 0.15) is 35.3 Å². The SMILES string of the molecule is Cc1nn(C)c(OCC2CCCCO2)c1C(=O)NS(=O)(=O)c1cccc(OC(F)F)c1. The van der Waals surface area contributed by atoms with Gasteiger partial charge in [-0.25, -0.2) is 17.8 Å². The van der Waals surface area contributed by atoms with E-state index in [2.05, 4.69) is 9.84 Å². The number of benzene rings is 1. The van der Waals surface area contributed by atoms with Crippen molar-refractivity contribution in [2.45, 2.75) is 43.8 Å². The first-order chi connectivity index (χ1) is 14.7. The fourth-order valence-electron chi connectivity index (χ4n) is 3.22. The van der Waals surface area contributed by atoms with Crippen LogP contribution in [0.3, 0.4) is 0 Å². The molecule has 31 heavy (non-hydrogen) atoms. The highest BCUT2D eigenvalue weighted by atomic mass is 32.2. The van der Waals surface area contributed by atoms with Crippen LogP contribution in [0.2, 0.25) is 0 Å². The summed E-state index contributed by atoms with van der Waals surface area (Å²) in [6, 6.07) is 4.46. The number of amides is 1. The van der Waals surface area contributed by atoms with E-state index >= 15 is 0 Å². The number of rotatable bonds is 8. The molecule has 0 spiro atoms. The van der Waals surface area contributed by atoms with Crippen LogP contribution in [0.25, 0.3) is 0 Å². The zero-order valence-electron chi connectivity index (χ0n) is 17.0. The van der Waals surface area contributed by atoms with E-state index < -0.39 is 27.4 Å². The lowest BCUT2D eigenvalue weighted by atomic mass is 10.1. The van der Waals surface area contributed by atoms with Crippen molar-refractivity contribution in [3.63, 3.8) is 0 Å². The summed E-state index contributed by atoms with van der Waals surface area (Å²) in [5.74, 6) is -1.20. The van der Waals surface area contributed by atoms with Crippen molar-refractivity contribution in [1.29, 1.82) is 0 Å². The van der Waals surface area contributed by atoms with Crippen LogP contribution < -0.4 is 14.2 Å². The normalized spacial score (nSPS) is 16.9. The summed E-state index contributed by atoms with van der Waals surface area (Å²) in [6.07, 6.45) is 2.69. The Balaban J connectivity index is 1.78. The van der Waals surface area contributed by atoms with Gasteiger partial charge in [-0.1, -0.05) is 6.07 Å². The van der Waals surface area contributed by atoms with Gasteiger partial charge in [-0.3, -0.25) is 4.79 Å². The van der Waals surface area contributed by atoms with Crippen molar-refractivity contribution in [3.8, 4) is 11.6 Å². The van der Waals surface area contributed by atoms with Crippen molar-refractivity contribution in [2.24, 2.45) is 7.05 Å². The predicted molar refractivity (Wildman–Crippen MR) is 105 cm³/mol. The van der Waals surface area contributed by atoms with Crippen LogP contribution in [0, 0.1) is 6.92 Å². The minimum Gasteiger partial charge on any atom is -0.475 e. The van der Waals surface area contributed by atoms with Gasteiger partial charge in [0.05, 0.1) is 16.7 Å². The highest BCUT2D eigenvalue weighted by Crippen LogP contribution is 2.24.